The zero-order valence-corrected chi connectivity index (χ0v) is 12.9. The van der Waals surface area contributed by atoms with Crippen molar-refractivity contribution < 1.29 is 8.42 Å². The third-order valence-electron chi connectivity index (χ3n) is 2.62. The minimum atomic E-state index is -3.17. The molecule has 0 N–H and O–H groups in total. The molecule has 8 heteroatoms. The number of rotatable bonds is 6. The standard InChI is InChI=1S/C11H15BrN4O2S/c1-2-15-4-3-11(14-15)9-19(17,18)6-5-16-8-10(12)7-13-16/h3-4,7-8H,2,5-6,9H2,1H3. The Morgan fingerprint density at radius 3 is 2.74 bits per heavy atom. The van der Waals surface area contributed by atoms with Crippen molar-refractivity contribution in [1.29, 1.82) is 0 Å². The fourth-order valence-corrected chi connectivity index (χ4v) is 3.19. The van der Waals surface area contributed by atoms with Gasteiger partial charge in [0.05, 0.1) is 34.4 Å². The Balaban J connectivity index is 1.94. The van der Waals surface area contributed by atoms with Crippen LogP contribution in [0.25, 0.3) is 0 Å². The Bertz CT molecular complexity index is 647. The third kappa shape index (κ3) is 4.17. The lowest BCUT2D eigenvalue weighted by atomic mass is 10.5. The molecule has 0 bridgehead atoms. The van der Waals surface area contributed by atoms with Gasteiger partial charge in [-0.05, 0) is 28.9 Å². The fraction of sp³-hybridized carbons (Fsp3) is 0.455. The van der Waals surface area contributed by atoms with E-state index in [1.54, 1.807) is 34.0 Å². The van der Waals surface area contributed by atoms with Gasteiger partial charge in [0.1, 0.15) is 0 Å². The van der Waals surface area contributed by atoms with Crippen LogP contribution in [-0.4, -0.2) is 33.7 Å². The summed E-state index contributed by atoms with van der Waals surface area (Å²) in [4.78, 5) is 0. The molecule has 0 aliphatic carbocycles. The highest BCUT2D eigenvalue weighted by Gasteiger charge is 2.14. The number of sulfone groups is 1. The first kappa shape index (κ1) is 14.3. The fourth-order valence-electron chi connectivity index (χ4n) is 1.65. The first-order chi connectivity index (χ1) is 8.98. The van der Waals surface area contributed by atoms with Gasteiger partial charge in [0.2, 0.25) is 0 Å². The van der Waals surface area contributed by atoms with Crippen molar-refractivity contribution >= 4 is 25.8 Å². The lowest BCUT2D eigenvalue weighted by Gasteiger charge is -2.03. The molecule has 2 heterocycles. The molecule has 2 rings (SSSR count). The molecule has 0 atom stereocenters. The van der Waals surface area contributed by atoms with Gasteiger partial charge < -0.3 is 0 Å². The van der Waals surface area contributed by atoms with Crippen molar-refractivity contribution in [3.63, 3.8) is 0 Å². The van der Waals surface area contributed by atoms with Gasteiger partial charge in [0.15, 0.2) is 9.84 Å². The molecule has 19 heavy (non-hydrogen) atoms. The maximum atomic E-state index is 12.0. The molecule has 0 aromatic carbocycles. The van der Waals surface area contributed by atoms with Crippen molar-refractivity contribution in [2.45, 2.75) is 25.8 Å². The van der Waals surface area contributed by atoms with Gasteiger partial charge in [-0.2, -0.15) is 10.2 Å². The average Bonchev–Trinajstić information content (AvgIpc) is 2.95. The topological polar surface area (TPSA) is 69.8 Å². The molecular formula is C11H15BrN4O2S. The van der Waals surface area contributed by atoms with Crippen molar-refractivity contribution in [2.24, 2.45) is 0 Å². The summed E-state index contributed by atoms with van der Waals surface area (Å²) in [6, 6.07) is 1.74. The monoisotopic (exact) mass is 346 g/mol. The van der Waals surface area contributed by atoms with Crippen LogP contribution in [0.1, 0.15) is 12.6 Å². The highest BCUT2D eigenvalue weighted by Crippen LogP contribution is 2.08. The predicted molar refractivity (Wildman–Crippen MR) is 75.3 cm³/mol. The Hall–Kier alpha value is -1.15. The van der Waals surface area contributed by atoms with E-state index < -0.39 is 9.84 Å². The predicted octanol–water partition coefficient (Wildman–Crippen LogP) is 1.48. The molecular weight excluding hydrogens is 332 g/mol. The molecule has 0 fully saturated rings. The number of nitrogens with zero attached hydrogens (tertiary/aromatic N) is 4. The lowest BCUT2D eigenvalue weighted by molar-refractivity contribution is 0.578. The highest BCUT2D eigenvalue weighted by molar-refractivity contribution is 9.10. The quantitative estimate of drug-likeness (QED) is 0.794. The minimum absolute atomic E-state index is 0.0254. The van der Waals surface area contributed by atoms with Gasteiger partial charge in [0, 0.05) is 18.9 Å². The highest BCUT2D eigenvalue weighted by atomic mass is 79.9. The molecule has 2 aromatic heterocycles. The maximum absolute atomic E-state index is 12.0. The molecule has 0 unspecified atom stereocenters. The Morgan fingerprint density at radius 1 is 1.37 bits per heavy atom. The summed E-state index contributed by atoms with van der Waals surface area (Å²) in [5, 5.41) is 8.21. The molecule has 104 valence electrons. The third-order valence-corrected chi connectivity index (χ3v) is 4.57. The molecule has 0 amide bonds. The van der Waals surface area contributed by atoms with Gasteiger partial charge >= 0.3 is 0 Å². The first-order valence-electron chi connectivity index (χ1n) is 5.89. The van der Waals surface area contributed by atoms with Crippen molar-refractivity contribution in [2.75, 3.05) is 5.75 Å². The average molecular weight is 347 g/mol. The molecule has 6 nitrogen and oxygen atoms in total. The van der Waals surface area contributed by atoms with Crippen LogP contribution in [0.15, 0.2) is 29.1 Å². The normalized spacial score (nSPS) is 11.9. The molecule has 0 spiro atoms. The van der Waals surface area contributed by atoms with Gasteiger partial charge in [-0.15, -0.1) is 0 Å². The van der Waals surface area contributed by atoms with Gasteiger partial charge in [-0.3, -0.25) is 9.36 Å². The Kier molecular flexibility index (Phi) is 4.41. The van der Waals surface area contributed by atoms with E-state index in [4.69, 9.17) is 0 Å². The molecule has 0 radical (unpaired) electrons. The second-order valence-electron chi connectivity index (χ2n) is 4.18. The van der Waals surface area contributed by atoms with Crippen LogP contribution in [0.3, 0.4) is 0 Å². The smallest absolute Gasteiger partial charge is 0.157 e. The number of hydrogen-bond acceptors (Lipinski definition) is 4. The van der Waals surface area contributed by atoms with E-state index in [2.05, 4.69) is 26.1 Å². The van der Waals surface area contributed by atoms with Crippen LogP contribution in [0.2, 0.25) is 0 Å². The van der Waals surface area contributed by atoms with Crippen molar-refractivity contribution in [3.05, 3.63) is 34.8 Å². The van der Waals surface area contributed by atoms with Crippen LogP contribution in [0.4, 0.5) is 0 Å². The van der Waals surface area contributed by atoms with Gasteiger partial charge in [-0.1, -0.05) is 0 Å². The first-order valence-corrected chi connectivity index (χ1v) is 8.50. The van der Waals surface area contributed by atoms with E-state index in [0.717, 1.165) is 11.0 Å². The Labute approximate surface area is 120 Å². The van der Waals surface area contributed by atoms with Crippen LogP contribution in [0, 0.1) is 0 Å². The van der Waals surface area contributed by atoms with Gasteiger partial charge in [0.25, 0.3) is 0 Å². The summed E-state index contributed by atoms with van der Waals surface area (Å²) < 4.78 is 28.1. The van der Waals surface area contributed by atoms with Crippen LogP contribution >= 0.6 is 15.9 Å². The molecule has 0 aliphatic heterocycles. The molecule has 2 aromatic rings. The number of hydrogen-bond donors (Lipinski definition) is 0. The van der Waals surface area contributed by atoms with Crippen molar-refractivity contribution in [1.82, 2.24) is 19.6 Å². The van der Waals surface area contributed by atoms with Crippen LogP contribution in [0.5, 0.6) is 0 Å². The summed E-state index contributed by atoms with van der Waals surface area (Å²) in [6.07, 6.45) is 5.17. The van der Waals surface area contributed by atoms with E-state index in [0.29, 0.717) is 12.2 Å². The van der Waals surface area contributed by atoms with E-state index >= 15 is 0 Å². The van der Waals surface area contributed by atoms with Crippen LogP contribution < -0.4 is 0 Å². The maximum Gasteiger partial charge on any atom is 0.157 e. The zero-order chi connectivity index (χ0) is 13.9. The number of aryl methyl sites for hydroxylation is 2. The SMILES string of the molecule is CCn1ccc(CS(=O)(=O)CCn2cc(Br)cn2)n1. The second-order valence-corrected chi connectivity index (χ2v) is 7.28. The molecule has 0 saturated carbocycles. The van der Waals surface area contributed by atoms with E-state index in [1.165, 1.54) is 0 Å². The summed E-state index contributed by atoms with van der Waals surface area (Å²) in [7, 11) is -3.17. The summed E-state index contributed by atoms with van der Waals surface area (Å²) >= 11 is 3.27. The zero-order valence-electron chi connectivity index (χ0n) is 10.5. The molecule has 0 aliphatic rings. The summed E-state index contributed by atoms with van der Waals surface area (Å²) in [6.45, 7) is 3.05. The van der Waals surface area contributed by atoms with Gasteiger partial charge in [-0.25, -0.2) is 8.42 Å². The van der Waals surface area contributed by atoms with E-state index in [-0.39, 0.29) is 11.5 Å². The Morgan fingerprint density at radius 2 is 2.16 bits per heavy atom. The molecule has 0 saturated heterocycles. The lowest BCUT2D eigenvalue weighted by Crippen LogP contribution is -2.15. The number of halogens is 1. The summed E-state index contributed by atoms with van der Waals surface area (Å²) in [5.74, 6) is 0.0303. The van der Waals surface area contributed by atoms with E-state index in [9.17, 15) is 8.42 Å². The number of aromatic nitrogens is 4. The minimum Gasteiger partial charge on any atom is -0.273 e. The second kappa shape index (κ2) is 5.87. The van der Waals surface area contributed by atoms with E-state index in [1.807, 2.05) is 6.92 Å². The summed E-state index contributed by atoms with van der Waals surface area (Å²) in [5.41, 5.74) is 0.587. The van der Waals surface area contributed by atoms with Crippen LogP contribution in [-0.2, 0) is 28.7 Å². The van der Waals surface area contributed by atoms with Crippen molar-refractivity contribution in [3.8, 4) is 0 Å². The largest absolute Gasteiger partial charge is 0.273 e.